The van der Waals surface area contributed by atoms with E-state index < -0.39 is 0 Å². The van der Waals surface area contributed by atoms with Gasteiger partial charge in [-0.1, -0.05) is 18.7 Å². The molecule has 0 aromatic carbocycles. The van der Waals surface area contributed by atoms with Gasteiger partial charge in [-0.05, 0) is 17.9 Å². The highest BCUT2D eigenvalue weighted by molar-refractivity contribution is 7.99. The molecule has 0 aliphatic rings. The molecular formula is C12H14N6O2S. The average Bonchev–Trinajstić information content (AvgIpc) is 2.86. The second-order valence-electron chi connectivity index (χ2n) is 3.96. The Morgan fingerprint density at radius 2 is 2.19 bits per heavy atom. The van der Waals surface area contributed by atoms with Crippen molar-refractivity contribution in [2.24, 2.45) is 0 Å². The van der Waals surface area contributed by atoms with Crippen LogP contribution in [0.3, 0.4) is 0 Å². The zero-order chi connectivity index (χ0) is 15.2. The lowest BCUT2D eigenvalue weighted by atomic mass is 10.2. The molecule has 9 heteroatoms. The number of amides is 2. The Morgan fingerprint density at radius 1 is 1.38 bits per heavy atom. The Balaban J connectivity index is 2.06. The molecule has 0 saturated carbocycles. The Hall–Kier alpha value is -2.42. The predicted octanol–water partition coefficient (Wildman–Crippen LogP) is 1.52. The summed E-state index contributed by atoms with van der Waals surface area (Å²) in [5, 5.41) is 12.3. The largest absolute Gasteiger partial charge is 0.311 e. The predicted molar refractivity (Wildman–Crippen MR) is 79.3 cm³/mol. The molecule has 0 aliphatic heterocycles. The molecule has 0 bridgehead atoms. The van der Waals surface area contributed by atoms with Crippen LogP contribution in [0.1, 0.15) is 24.2 Å². The van der Waals surface area contributed by atoms with Crippen LogP contribution in [0, 0.1) is 0 Å². The van der Waals surface area contributed by atoms with Gasteiger partial charge in [0.15, 0.2) is 0 Å². The van der Waals surface area contributed by atoms with Crippen molar-refractivity contribution in [1.29, 1.82) is 0 Å². The molecule has 3 N–H and O–H groups in total. The first-order chi connectivity index (χ1) is 10.1. The van der Waals surface area contributed by atoms with Crippen LogP contribution in [0.4, 0.5) is 11.8 Å². The van der Waals surface area contributed by atoms with E-state index in [4.69, 9.17) is 0 Å². The molecule has 0 spiro atoms. The quantitative estimate of drug-likeness (QED) is 0.722. The van der Waals surface area contributed by atoms with E-state index in [0.29, 0.717) is 16.5 Å². The molecule has 2 heterocycles. The Kier molecular flexibility index (Phi) is 4.88. The molecule has 21 heavy (non-hydrogen) atoms. The maximum absolute atomic E-state index is 12.1. The highest BCUT2D eigenvalue weighted by atomic mass is 32.2. The van der Waals surface area contributed by atoms with Crippen LogP contribution in [0.5, 0.6) is 0 Å². The molecule has 2 aromatic heterocycles. The standard InChI is InChI=1S/C12H14N6O2S/c1-3-21-12-16-11(17-18-12)15-10(20)8-4-5-13-9(6-8)14-7(2)19/h4-6H,3H2,1-2H3,(H,13,14,19)(H2,15,16,17,18,20). The number of carbonyl (C=O) groups is 2. The minimum Gasteiger partial charge on any atom is -0.311 e. The molecule has 0 unspecified atom stereocenters. The molecule has 2 aromatic rings. The Morgan fingerprint density at radius 3 is 2.90 bits per heavy atom. The number of nitrogens with one attached hydrogen (secondary N) is 3. The summed E-state index contributed by atoms with van der Waals surface area (Å²) in [6.45, 7) is 3.36. The number of hydrogen-bond donors (Lipinski definition) is 3. The first-order valence-electron chi connectivity index (χ1n) is 6.18. The van der Waals surface area contributed by atoms with Gasteiger partial charge in [0.1, 0.15) is 5.82 Å². The van der Waals surface area contributed by atoms with Gasteiger partial charge in [-0.25, -0.2) is 10.1 Å². The van der Waals surface area contributed by atoms with E-state index in [1.165, 1.54) is 30.9 Å². The van der Waals surface area contributed by atoms with Crippen LogP contribution < -0.4 is 10.6 Å². The number of hydrogen-bond acceptors (Lipinski definition) is 6. The van der Waals surface area contributed by atoms with Gasteiger partial charge in [0.2, 0.25) is 17.0 Å². The van der Waals surface area contributed by atoms with Crippen LogP contribution in [0.15, 0.2) is 23.5 Å². The number of aromatic amines is 1. The number of thioether (sulfide) groups is 1. The topological polar surface area (TPSA) is 113 Å². The zero-order valence-electron chi connectivity index (χ0n) is 11.5. The molecular weight excluding hydrogens is 292 g/mol. The average molecular weight is 306 g/mol. The summed E-state index contributed by atoms with van der Waals surface area (Å²) < 4.78 is 0. The maximum atomic E-state index is 12.1. The van der Waals surface area contributed by atoms with Gasteiger partial charge in [-0.15, -0.1) is 5.10 Å². The molecule has 0 saturated heterocycles. The summed E-state index contributed by atoms with van der Waals surface area (Å²) in [6.07, 6.45) is 1.44. The minimum absolute atomic E-state index is 0.253. The van der Waals surface area contributed by atoms with Crippen LogP contribution in [0.25, 0.3) is 0 Å². The van der Waals surface area contributed by atoms with Gasteiger partial charge in [0.05, 0.1) is 0 Å². The van der Waals surface area contributed by atoms with Crippen LogP contribution in [0.2, 0.25) is 0 Å². The smallest absolute Gasteiger partial charge is 0.258 e. The highest BCUT2D eigenvalue weighted by Gasteiger charge is 2.11. The molecule has 0 atom stereocenters. The fourth-order valence-electron chi connectivity index (χ4n) is 1.50. The summed E-state index contributed by atoms with van der Waals surface area (Å²) in [6, 6.07) is 3.02. The van der Waals surface area contributed by atoms with Gasteiger partial charge in [-0.2, -0.15) is 4.98 Å². The first-order valence-corrected chi connectivity index (χ1v) is 7.17. The number of carbonyl (C=O) groups excluding carboxylic acids is 2. The summed E-state index contributed by atoms with van der Waals surface area (Å²) in [5.41, 5.74) is 0.356. The van der Waals surface area contributed by atoms with Crippen molar-refractivity contribution in [2.75, 3.05) is 16.4 Å². The van der Waals surface area contributed by atoms with E-state index in [1.54, 1.807) is 6.07 Å². The number of pyridine rings is 1. The molecule has 110 valence electrons. The van der Waals surface area contributed by atoms with Crippen molar-refractivity contribution in [3.63, 3.8) is 0 Å². The molecule has 8 nitrogen and oxygen atoms in total. The summed E-state index contributed by atoms with van der Waals surface area (Å²) in [7, 11) is 0. The van der Waals surface area contributed by atoms with E-state index in [2.05, 4.69) is 30.8 Å². The summed E-state index contributed by atoms with van der Waals surface area (Å²) >= 11 is 1.47. The summed E-state index contributed by atoms with van der Waals surface area (Å²) in [4.78, 5) is 31.1. The van der Waals surface area contributed by atoms with Crippen molar-refractivity contribution in [2.45, 2.75) is 19.0 Å². The van der Waals surface area contributed by atoms with Crippen molar-refractivity contribution < 1.29 is 9.59 Å². The second-order valence-corrected chi connectivity index (χ2v) is 5.20. The number of H-pyrrole nitrogens is 1. The molecule has 0 radical (unpaired) electrons. The Bertz CT molecular complexity index is 657. The van der Waals surface area contributed by atoms with Gasteiger partial charge in [0.25, 0.3) is 5.91 Å². The fraction of sp³-hybridized carbons (Fsp3) is 0.250. The van der Waals surface area contributed by atoms with Crippen molar-refractivity contribution >= 4 is 35.3 Å². The third-order valence-corrected chi connectivity index (χ3v) is 3.03. The number of anilines is 2. The fourth-order valence-corrected chi connectivity index (χ4v) is 2.02. The first kappa shape index (κ1) is 15.0. The maximum Gasteiger partial charge on any atom is 0.258 e. The van der Waals surface area contributed by atoms with Crippen molar-refractivity contribution in [3.8, 4) is 0 Å². The van der Waals surface area contributed by atoms with Gasteiger partial charge < -0.3 is 5.32 Å². The third kappa shape index (κ3) is 4.28. The number of aromatic nitrogens is 4. The van der Waals surface area contributed by atoms with E-state index in [1.807, 2.05) is 6.92 Å². The van der Waals surface area contributed by atoms with Crippen LogP contribution >= 0.6 is 11.8 Å². The van der Waals surface area contributed by atoms with Gasteiger partial charge in [-0.3, -0.25) is 14.9 Å². The lowest BCUT2D eigenvalue weighted by molar-refractivity contribution is -0.114. The number of nitrogens with zero attached hydrogens (tertiary/aromatic N) is 3. The zero-order valence-corrected chi connectivity index (χ0v) is 12.3. The lowest BCUT2D eigenvalue weighted by Gasteiger charge is -2.04. The van der Waals surface area contributed by atoms with Crippen LogP contribution in [-0.2, 0) is 4.79 Å². The lowest BCUT2D eigenvalue weighted by Crippen LogP contribution is -2.14. The van der Waals surface area contributed by atoms with E-state index in [-0.39, 0.29) is 17.8 Å². The normalized spacial score (nSPS) is 10.2. The molecule has 0 fully saturated rings. The van der Waals surface area contributed by atoms with Gasteiger partial charge >= 0.3 is 0 Å². The molecule has 0 aliphatic carbocycles. The van der Waals surface area contributed by atoms with Gasteiger partial charge in [0, 0.05) is 18.7 Å². The monoisotopic (exact) mass is 306 g/mol. The molecule has 2 rings (SSSR count). The second kappa shape index (κ2) is 6.84. The van der Waals surface area contributed by atoms with E-state index in [0.717, 1.165) is 5.75 Å². The van der Waals surface area contributed by atoms with Crippen molar-refractivity contribution in [1.82, 2.24) is 20.2 Å². The molecule has 2 amide bonds. The number of rotatable bonds is 5. The van der Waals surface area contributed by atoms with Crippen molar-refractivity contribution in [3.05, 3.63) is 23.9 Å². The van der Waals surface area contributed by atoms with E-state index >= 15 is 0 Å². The Labute approximate surface area is 125 Å². The summed E-state index contributed by atoms with van der Waals surface area (Å²) in [5.74, 6) is 0.809. The minimum atomic E-state index is -0.367. The highest BCUT2D eigenvalue weighted by Crippen LogP contribution is 2.14. The van der Waals surface area contributed by atoms with Crippen LogP contribution in [-0.4, -0.2) is 37.7 Å². The SMILES string of the molecule is CCSc1n[nH]c(NC(=O)c2ccnc(NC(C)=O)c2)n1. The van der Waals surface area contributed by atoms with E-state index in [9.17, 15) is 9.59 Å². The third-order valence-electron chi connectivity index (χ3n) is 2.30.